The molecule has 6 heteroatoms. The number of ketones is 1. The summed E-state index contributed by atoms with van der Waals surface area (Å²) in [4.78, 5) is 19.7. The van der Waals surface area contributed by atoms with Crippen LogP contribution in [0.2, 0.25) is 0 Å². The van der Waals surface area contributed by atoms with E-state index in [4.69, 9.17) is 9.90 Å². The molecule has 0 unspecified atom stereocenters. The Morgan fingerprint density at radius 1 is 1.06 bits per heavy atom. The van der Waals surface area contributed by atoms with Crippen LogP contribution in [0.15, 0.2) is 0 Å². The lowest BCUT2D eigenvalue weighted by Crippen LogP contribution is -2.21. The van der Waals surface area contributed by atoms with E-state index in [0.717, 1.165) is 12.8 Å². The molecule has 0 aromatic heterocycles. The molecule has 0 radical (unpaired) electrons. The van der Waals surface area contributed by atoms with Gasteiger partial charge in [0.1, 0.15) is 5.78 Å². The summed E-state index contributed by atoms with van der Waals surface area (Å²) in [7, 11) is 0. The van der Waals surface area contributed by atoms with Crippen molar-refractivity contribution in [1.82, 2.24) is 0 Å². The molecule has 0 rings (SSSR count). The van der Waals surface area contributed by atoms with Crippen LogP contribution in [0.25, 0.3) is 0 Å². The van der Waals surface area contributed by atoms with Crippen LogP contribution in [0, 0.1) is 0 Å². The number of carboxylic acids is 1. The molecule has 0 bridgehead atoms. The monoisotopic (exact) mass is 256 g/mol. The fourth-order valence-corrected chi connectivity index (χ4v) is 0.926. The van der Waals surface area contributed by atoms with Gasteiger partial charge in [0.25, 0.3) is 0 Å². The molecule has 1 N–H and O–H groups in total. The van der Waals surface area contributed by atoms with Crippen LogP contribution in [-0.2, 0) is 9.59 Å². The summed E-state index contributed by atoms with van der Waals surface area (Å²) in [6.07, 6.45) is 1.28. The van der Waals surface area contributed by atoms with E-state index in [0.29, 0.717) is 12.2 Å². The third kappa shape index (κ3) is 14.9. The average molecular weight is 256 g/mol. The quantitative estimate of drug-likeness (QED) is 0.739. The molecule has 0 fully saturated rings. The molecule has 0 amide bonds. The van der Waals surface area contributed by atoms with Crippen molar-refractivity contribution in [1.29, 1.82) is 0 Å². The maximum Gasteiger partial charge on any atom is 0.490 e. The number of alkyl halides is 3. The minimum atomic E-state index is -5.08. The highest BCUT2D eigenvalue weighted by Gasteiger charge is 2.38. The van der Waals surface area contributed by atoms with Crippen molar-refractivity contribution in [2.24, 2.45) is 0 Å². The van der Waals surface area contributed by atoms with Gasteiger partial charge in [-0.05, 0) is 6.42 Å². The molecule has 0 spiro atoms. The number of rotatable bonds is 6. The normalized spacial score (nSPS) is 10.4. The van der Waals surface area contributed by atoms with E-state index in [1.54, 1.807) is 0 Å². The van der Waals surface area contributed by atoms with Gasteiger partial charge in [-0.25, -0.2) is 4.79 Å². The largest absolute Gasteiger partial charge is 0.490 e. The molecule has 3 nitrogen and oxygen atoms in total. The minimum absolute atomic E-state index is 0.413. The lowest BCUT2D eigenvalue weighted by molar-refractivity contribution is -0.192. The van der Waals surface area contributed by atoms with Gasteiger partial charge in [-0.2, -0.15) is 13.2 Å². The number of aliphatic carboxylic acids is 1. The Bertz CT molecular complexity index is 224. The summed E-state index contributed by atoms with van der Waals surface area (Å²) in [5.41, 5.74) is 0. The Kier molecular flexibility index (Phi) is 10.9. The number of hydrogen-bond donors (Lipinski definition) is 1. The van der Waals surface area contributed by atoms with Crippen molar-refractivity contribution in [3.05, 3.63) is 0 Å². The van der Waals surface area contributed by atoms with Crippen LogP contribution < -0.4 is 0 Å². The molecular formula is C11H19F3O3. The summed E-state index contributed by atoms with van der Waals surface area (Å²) < 4.78 is 31.7. The van der Waals surface area contributed by atoms with Crippen LogP contribution in [-0.4, -0.2) is 23.0 Å². The maximum atomic E-state index is 10.8. The fourth-order valence-electron chi connectivity index (χ4n) is 0.926. The SMILES string of the molecule is CCCCCCC(=O)CC.O=C(O)C(F)(F)F. The summed E-state index contributed by atoms with van der Waals surface area (Å²) in [5.74, 6) is -2.34. The minimum Gasteiger partial charge on any atom is -0.475 e. The molecule has 102 valence electrons. The first kappa shape index (κ1) is 18.3. The number of carbonyl (C=O) groups is 2. The number of Topliss-reactive ketones (excluding diaryl/α,β-unsaturated/α-hetero) is 1. The molecule has 0 aliphatic heterocycles. The zero-order valence-electron chi connectivity index (χ0n) is 10.1. The first-order valence-electron chi connectivity index (χ1n) is 5.57. The van der Waals surface area contributed by atoms with Crippen LogP contribution in [0.5, 0.6) is 0 Å². The predicted molar refractivity (Wildman–Crippen MR) is 57.7 cm³/mol. The molecule has 0 heterocycles. The van der Waals surface area contributed by atoms with E-state index < -0.39 is 12.1 Å². The first-order chi connectivity index (χ1) is 7.75. The molecule has 17 heavy (non-hydrogen) atoms. The van der Waals surface area contributed by atoms with E-state index in [1.165, 1.54) is 19.3 Å². The zero-order chi connectivity index (χ0) is 13.9. The second-order valence-corrected chi connectivity index (χ2v) is 3.51. The van der Waals surface area contributed by atoms with Gasteiger partial charge in [0.15, 0.2) is 0 Å². The van der Waals surface area contributed by atoms with Crippen molar-refractivity contribution in [2.75, 3.05) is 0 Å². The van der Waals surface area contributed by atoms with Crippen LogP contribution in [0.3, 0.4) is 0 Å². The summed E-state index contributed by atoms with van der Waals surface area (Å²) in [6.45, 7) is 4.11. The van der Waals surface area contributed by atoms with Gasteiger partial charge in [-0.1, -0.05) is 33.1 Å². The smallest absolute Gasteiger partial charge is 0.475 e. The number of carbonyl (C=O) groups excluding carboxylic acids is 1. The molecular weight excluding hydrogens is 237 g/mol. The zero-order valence-corrected chi connectivity index (χ0v) is 10.1. The van der Waals surface area contributed by atoms with E-state index >= 15 is 0 Å². The molecule has 0 aliphatic rings. The van der Waals surface area contributed by atoms with Crippen molar-refractivity contribution >= 4 is 11.8 Å². The standard InChI is InChI=1S/C9H18O.C2HF3O2/c1-3-5-6-7-8-9(10)4-2;3-2(4,5)1(6)7/h3-8H2,1-2H3;(H,6,7). The van der Waals surface area contributed by atoms with Gasteiger partial charge >= 0.3 is 12.1 Å². The summed E-state index contributed by atoms with van der Waals surface area (Å²) in [6, 6.07) is 0. The molecule has 0 aromatic rings. The highest BCUT2D eigenvalue weighted by Crippen LogP contribution is 2.13. The Labute approximate surface area is 99.0 Å². The number of halogens is 3. The van der Waals surface area contributed by atoms with Gasteiger partial charge in [-0.15, -0.1) is 0 Å². The number of carboxylic acid groups (broad SMARTS) is 1. The second kappa shape index (κ2) is 10.1. The predicted octanol–water partition coefficient (Wildman–Crippen LogP) is 3.57. The fraction of sp³-hybridized carbons (Fsp3) is 0.818. The second-order valence-electron chi connectivity index (χ2n) is 3.51. The molecule has 0 atom stereocenters. The van der Waals surface area contributed by atoms with Gasteiger partial charge in [0.05, 0.1) is 0 Å². The van der Waals surface area contributed by atoms with E-state index in [2.05, 4.69) is 6.92 Å². The Balaban J connectivity index is 0. The van der Waals surface area contributed by atoms with Crippen LogP contribution in [0.1, 0.15) is 52.4 Å². The Hall–Kier alpha value is -1.07. The van der Waals surface area contributed by atoms with Crippen molar-refractivity contribution < 1.29 is 27.9 Å². The molecule has 0 saturated heterocycles. The van der Waals surface area contributed by atoms with Crippen LogP contribution >= 0.6 is 0 Å². The third-order valence-electron chi connectivity index (χ3n) is 1.95. The van der Waals surface area contributed by atoms with Crippen molar-refractivity contribution in [2.45, 2.75) is 58.5 Å². The third-order valence-corrected chi connectivity index (χ3v) is 1.95. The summed E-state index contributed by atoms with van der Waals surface area (Å²) >= 11 is 0. The van der Waals surface area contributed by atoms with E-state index in [-0.39, 0.29) is 0 Å². The van der Waals surface area contributed by atoms with E-state index in [1.807, 2.05) is 6.92 Å². The van der Waals surface area contributed by atoms with Gasteiger partial charge in [-0.3, -0.25) is 4.79 Å². The van der Waals surface area contributed by atoms with Crippen LogP contribution in [0.4, 0.5) is 13.2 Å². The maximum absolute atomic E-state index is 10.8. The van der Waals surface area contributed by atoms with E-state index in [9.17, 15) is 18.0 Å². The van der Waals surface area contributed by atoms with Gasteiger partial charge < -0.3 is 5.11 Å². The Morgan fingerprint density at radius 2 is 1.53 bits per heavy atom. The van der Waals surface area contributed by atoms with Gasteiger partial charge in [0.2, 0.25) is 0 Å². The average Bonchev–Trinajstić information content (AvgIpc) is 2.23. The highest BCUT2D eigenvalue weighted by molar-refractivity contribution is 5.77. The molecule has 0 aliphatic carbocycles. The lowest BCUT2D eigenvalue weighted by Gasteiger charge is -1.96. The van der Waals surface area contributed by atoms with Crippen molar-refractivity contribution in [3.8, 4) is 0 Å². The molecule has 0 aromatic carbocycles. The number of hydrogen-bond acceptors (Lipinski definition) is 2. The van der Waals surface area contributed by atoms with Gasteiger partial charge in [0, 0.05) is 12.8 Å². The number of unbranched alkanes of at least 4 members (excludes halogenated alkanes) is 3. The molecule has 0 saturated carbocycles. The highest BCUT2D eigenvalue weighted by atomic mass is 19.4. The lowest BCUT2D eigenvalue weighted by atomic mass is 10.1. The first-order valence-corrected chi connectivity index (χ1v) is 5.57. The van der Waals surface area contributed by atoms with Crippen molar-refractivity contribution in [3.63, 3.8) is 0 Å². The topological polar surface area (TPSA) is 54.4 Å². The summed E-state index contributed by atoms with van der Waals surface area (Å²) in [5, 5.41) is 7.12. The Morgan fingerprint density at radius 3 is 1.82 bits per heavy atom.